The average Bonchev–Trinajstić information content (AvgIpc) is 2.71. The number of hydrogen-bond donors (Lipinski definition) is 0. The highest BCUT2D eigenvalue weighted by atomic mass is 16.1. The minimum absolute atomic E-state index is 0.337. The standard InChI is InChI=1S/C17H22O/c1-4-5-6-14-9-10-16(18)17(14)15-8-7-12(2)13(3)11-15/h7-8,11H,4-6,9-10H2,1-3H3. The van der Waals surface area contributed by atoms with E-state index in [4.69, 9.17) is 0 Å². The number of carbonyl (C=O) groups excluding carboxylic acids is 1. The summed E-state index contributed by atoms with van der Waals surface area (Å²) in [4.78, 5) is 12.1. The zero-order chi connectivity index (χ0) is 13.1. The Bertz CT molecular complexity index is 494. The lowest BCUT2D eigenvalue weighted by molar-refractivity contribution is -0.113. The minimum Gasteiger partial charge on any atom is -0.294 e. The van der Waals surface area contributed by atoms with Crippen LogP contribution in [0, 0.1) is 13.8 Å². The summed E-state index contributed by atoms with van der Waals surface area (Å²) in [5.74, 6) is 0.337. The molecule has 0 spiro atoms. The van der Waals surface area contributed by atoms with Gasteiger partial charge in [0.15, 0.2) is 5.78 Å². The van der Waals surface area contributed by atoms with Gasteiger partial charge in [-0.2, -0.15) is 0 Å². The maximum Gasteiger partial charge on any atom is 0.163 e. The van der Waals surface area contributed by atoms with Gasteiger partial charge in [-0.3, -0.25) is 4.79 Å². The van der Waals surface area contributed by atoms with Crippen LogP contribution in [0.2, 0.25) is 0 Å². The molecule has 0 amide bonds. The summed E-state index contributed by atoms with van der Waals surface area (Å²) in [6.07, 6.45) is 5.15. The van der Waals surface area contributed by atoms with Crippen molar-refractivity contribution < 1.29 is 4.79 Å². The SMILES string of the molecule is CCCCC1=C(c2ccc(C)c(C)c2)C(=O)CC1. The van der Waals surface area contributed by atoms with Crippen molar-refractivity contribution in [2.45, 2.75) is 52.9 Å². The fourth-order valence-electron chi connectivity index (χ4n) is 2.61. The number of Topliss-reactive ketones (excluding diaryl/α,β-unsaturated/α-hetero) is 1. The molecule has 0 unspecified atom stereocenters. The van der Waals surface area contributed by atoms with Gasteiger partial charge in [-0.05, 0) is 49.8 Å². The zero-order valence-corrected chi connectivity index (χ0v) is 11.7. The number of benzene rings is 1. The summed E-state index contributed by atoms with van der Waals surface area (Å²) >= 11 is 0. The van der Waals surface area contributed by atoms with Gasteiger partial charge in [0.1, 0.15) is 0 Å². The smallest absolute Gasteiger partial charge is 0.163 e. The first-order chi connectivity index (χ1) is 8.63. The van der Waals surface area contributed by atoms with Crippen LogP contribution < -0.4 is 0 Å². The monoisotopic (exact) mass is 242 g/mol. The van der Waals surface area contributed by atoms with Crippen molar-refractivity contribution in [1.29, 1.82) is 0 Å². The number of allylic oxidation sites excluding steroid dienone is 2. The second-order valence-electron chi connectivity index (χ2n) is 5.30. The lowest BCUT2D eigenvalue weighted by Gasteiger charge is -2.09. The predicted molar refractivity (Wildman–Crippen MR) is 76.6 cm³/mol. The molecular formula is C17H22O. The molecule has 1 aromatic rings. The first-order valence-electron chi connectivity index (χ1n) is 6.96. The lowest BCUT2D eigenvalue weighted by atomic mass is 9.95. The van der Waals surface area contributed by atoms with Crippen molar-refractivity contribution in [1.82, 2.24) is 0 Å². The Kier molecular flexibility index (Phi) is 4.00. The van der Waals surface area contributed by atoms with Crippen LogP contribution in [-0.4, -0.2) is 5.78 Å². The number of unbranched alkanes of at least 4 members (excludes halogenated alkanes) is 1. The summed E-state index contributed by atoms with van der Waals surface area (Å²) in [6.45, 7) is 6.43. The van der Waals surface area contributed by atoms with Gasteiger partial charge in [-0.1, -0.05) is 37.1 Å². The Morgan fingerprint density at radius 2 is 1.89 bits per heavy atom. The molecule has 96 valence electrons. The average molecular weight is 242 g/mol. The van der Waals surface area contributed by atoms with Crippen molar-refractivity contribution in [3.63, 3.8) is 0 Å². The largest absolute Gasteiger partial charge is 0.294 e. The summed E-state index contributed by atoms with van der Waals surface area (Å²) in [5.41, 5.74) is 6.10. The molecule has 18 heavy (non-hydrogen) atoms. The van der Waals surface area contributed by atoms with E-state index in [1.165, 1.54) is 29.5 Å². The molecule has 1 heteroatoms. The van der Waals surface area contributed by atoms with E-state index in [1.807, 2.05) is 0 Å². The van der Waals surface area contributed by atoms with Gasteiger partial charge in [-0.15, -0.1) is 0 Å². The van der Waals surface area contributed by atoms with E-state index in [2.05, 4.69) is 39.0 Å². The molecule has 0 saturated carbocycles. The highest BCUT2D eigenvalue weighted by Gasteiger charge is 2.23. The summed E-state index contributed by atoms with van der Waals surface area (Å²) in [7, 11) is 0. The van der Waals surface area contributed by atoms with Gasteiger partial charge in [0.2, 0.25) is 0 Å². The Morgan fingerprint density at radius 3 is 2.56 bits per heavy atom. The maximum atomic E-state index is 12.1. The Hall–Kier alpha value is -1.37. The molecule has 0 heterocycles. The topological polar surface area (TPSA) is 17.1 Å². The van der Waals surface area contributed by atoms with E-state index in [1.54, 1.807) is 0 Å². The zero-order valence-electron chi connectivity index (χ0n) is 11.7. The van der Waals surface area contributed by atoms with Gasteiger partial charge < -0.3 is 0 Å². The van der Waals surface area contributed by atoms with Crippen LogP contribution in [0.15, 0.2) is 23.8 Å². The fourth-order valence-corrected chi connectivity index (χ4v) is 2.61. The van der Waals surface area contributed by atoms with Gasteiger partial charge >= 0.3 is 0 Å². The van der Waals surface area contributed by atoms with Crippen molar-refractivity contribution in [2.24, 2.45) is 0 Å². The van der Waals surface area contributed by atoms with Crippen LogP contribution >= 0.6 is 0 Å². The predicted octanol–water partition coefficient (Wildman–Crippen LogP) is 4.61. The quantitative estimate of drug-likeness (QED) is 0.753. The molecule has 0 fully saturated rings. The van der Waals surface area contributed by atoms with Crippen LogP contribution in [-0.2, 0) is 4.79 Å². The molecule has 0 radical (unpaired) electrons. The van der Waals surface area contributed by atoms with E-state index < -0.39 is 0 Å². The van der Waals surface area contributed by atoms with Crippen LogP contribution in [0.3, 0.4) is 0 Å². The molecule has 0 bridgehead atoms. The molecule has 0 N–H and O–H groups in total. The Balaban J connectivity index is 2.37. The Morgan fingerprint density at radius 1 is 1.11 bits per heavy atom. The van der Waals surface area contributed by atoms with Gasteiger partial charge in [0, 0.05) is 12.0 Å². The van der Waals surface area contributed by atoms with E-state index >= 15 is 0 Å². The molecule has 1 aromatic carbocycles. The van der Waals surface area contributed by atoms with E-state index in [9.17, 15) is 4.79 Å². The molecule has 0 aliphatic heterocycles. The number of aryl methyl sites for hydroxylation is 2. The van der Waals surface area contributed by atoms with Crippen molar-refractivity contribution in [3.05, 3.63) is 40.5 Å². The summed E-state index contributed by atoms with van der Waals surface area (Å²) in [5, 5.41) is 0. The van der Waals surface area contributed by atoms with Crippen LogP contribution in [0.25, 0.3) is 5.57 Å². The van der Waals surface area contributed by atoms with E-state index in [-0.39, 0.29) is 0 Å². The number of hydrogen-bond acceptors (Lipinski definition) is 1. The molecule has 1 aliphatic carbocycles. The molecule has 1 aliphatic rings. The highest BCUT2D eigenvalue weighted by Crippen LogP contribution is 2.34. The summed E-state index contributed by atoms with van der Waals surface area (Å²) in [6, 6.07) is 6.40. The minimum atomic E-state index is 0.337. The second-order valence-corrected chi connectivity index (χ2v) is 5.30. The first kappa shape index (κ1) is 13.1. The molecule has 0 saturated heterocycles. The molecule has 2 rings (SSSR count). The molecule has 0 aromatic heterocycles. The van der Waals surface area contributed by atoms with Crippen molar-refractivity contribution >= 4 is 11.4 Å². The lowest BCUT2D eigenvalue weighted by Crippen LogP contribution is -1.97. The normalized spacial score (nSPS) is 15.6. The van der Waals surface area contributed by atoms with Gasteiger partial charge in [0.05, 0.1) is 0 Å². The van der Waals surface area contributed by atoms with E-state index in [0.29, 0.717) is 12.2 Å². The molecule has 0 atom stereocenters. The third-order valence-electron chi connectivity index (χ3n) is 3.91. The third kappa shape index (κ3) is 2.55. The Labute approximate surface area is 110 Å². The van der Waals surface area contributed by atoms with Crippen molar-refractivity contribution in [2.75, 3.05) is 0 Å². The van der Waals surface area contributed by atoms with Crippen LogP contribution in [0.4, 0.5) is 0 Å². The van der Waals surface area contributed by atoms with Gasteiger partial charge in [-0.25, -0.2) is 0 Å². The second kappa shape index (κ2) is 5.51. The third-order valence-corrected chi connectivity index (χ3v) is 3.91. The van der Waals surface area contributed by atoms with Gasteiger partial charge in [0.25, 0.3) is 0 Å². The van der Waals surface area contributed by atoms with E-state index in [0.717, 1.165) is 24.0 Å². The molecule has 1 nitrogen and oxygen atoms in total. The summed E-state index contributed by atoms with van der Waals surface area (Å²) < 4.78 is 0. The number of ketones is 1. The molecular weight excluding hydrogens is 220 g/mol. The van der Waals surface area contributed by atoms with Crippen LogP contribution in [0.5, 0.6) is 0 Å². The van der Waals surface area contributed by atoms with Crippen molar-refractivity contribution in [3.8, 4) is 0 Å². The maximum absolute atomic E-state index is 12.1. The van der Waals surface area contributed by atoms with Crippen LogP contribution in [0.1, 0.15) is 55.7 Å². The number of carbonyl (C=O) groups is 1. The number of rotatable bonds is 4. The highest BCUT2D eigenvalue weighted by molar-refractivity contribution is 6.23. The fraction of sp³-hybridized carbons (Fsp3) is 0.471. The first-order valence-corrected chi connectivity index (χ1v) is 6.96.